The van der Waals surface area contributed by atoms with Gasteiger partial charge >= 0.3 is 11.9 Å². The minimum atomic E-state index is -0.497. The minimum Gasteiger partial charge on any atom is -0.457 e. The van der Waals surface area contributed by atoms with E-state index in [4.69, 9.17) is 21.1 Å². The van der Waals surface area contributed by atoms with Crippen LogP contribution >= 0.6 is 11.6 Å². The van der Waals surface area contributed by atoms with Gasteiger partial charge in [0.15, 0.2) is 0 Å². The lowest BCUT2D eigenvalue weighted by atomic mass is 10.1. The maximum Gasteiger partial charge on any atom is 0.343 e. The number of hydrogen-bond donors (Lipinski definition) is 0. The lowest BCUT2D eigenvalue weighted by Gasteiger charge is -2.07. The molecule has 0 spiro atoms. The molecule has 0 aliphatic rings. The Morgan fingerprint density at radius 1 is 0.769 bits per heavy atom. The first-order valence-corrected chi connectivity index (χ1v) is 8.29. The zero-order valence-corrected chi connectivity index (χ0v) is 14.5. The number of ether oxygens (including phenoxy) is 2. The van der Waals surface area contributed by atoms with Crippen LogP contribution in [0.25, 0.3) is 0 Å². The summed E-state index contributed by atoms with van der Waals surface area (Å²) in [6, 6.07) is 22.2. The van der Waals surface area contributed by atoms with E-state index >= 15 is 0 Å². The predicted molar refractivity (Wildman–Crippen MR) is 98.4 cm³/mol. The van der Waals surface area contributed by atoms with Crippen LogP contribution in [-0.4, -0.2) is 11.9 Å². The van der Waals surface area contributed by atoms with Gasteiger partial charge in [-0.05, 0) is 42.0 Å². The van der Waals surface area contributed by atoms with Crippen molar-refractivity contribution in [3.05, 3.63) is 101 Å². The fourth-order valence-electron chi connectivity index (χ4n) is 2.24. The Morgan fingerprint density at radius 2 is 1.42 bits per heavy atom. The largest absolute Gasteiger partial charge is 0.457 e. The third-order valence-corrected chi connectivity index (χ3v) is 3.94. The lowest BCUT2D eigenvalue weighted by Crippen LogP contribution is -2.09. The molecular weight excluding hydrogens is 352 g/mol. The topological polar surface area (TPSA) is 52.6 Å². The summed E-state index contributed by atoms with van der Waals surface area (Å²) in [6.45, 7) is 0.0814. The molecule has 26 heavy (non-hydrogen) atoms. The molecule has 0 saturated heterocycles. The van der Waals surface area contributed by atoms with Gasteiger partial charge in [0.25, 0.3) is 0 Å². The highest BCUT2D eigenvalue weighted by molar-refractivity contribution is 6.33. The first-order valence-electron chi connectivity index (χ1n) is 7.91. The molecule has 3 aromatic rings. The van der Waals surface area contributed by atoms with Crippen LogP contribution in [0.1, 0.15) is 26.3 Å². The van der Waals surface area contributed by atoms with Gasteiger partial charge in [-0.15, -0.1) is 0 Å². The number of para-hydroxylation sites is 1. The van der Waals surface area contributed by atoms with Crippen molar-refractivity contribution >= 4 is 23.5 Å². The van der Waals surface area contributed by atoms with E-state index in [1.165, 1.54) is 0 Å². The first kappa shape index (κ1) is 17.7. The minimum absolute atomic E-state index is 0.0814. The maximum absolute atomic E-state index is 12.1. The molecule has 0 aromatic heterocycles. The van der Waals surface area contributed by atoms with Crippen LogP contribution in [0.4, 0.5) is 0 Å². The summed E-state index contributed by atoms with van der Waals surface area (Å²) in [5, 5.41) is 0.344. The van der Waals surface area contributed by atoms with Gasteiger partial charge in [0.1, 0.15) is 12.4 Å². The molecule has 0 heterocycles. The van der Waals surface area contributed by atoms with Crippen molar-refractivity contribution in [3.63, 3.8) is 0 Å². The fourth-order valence-corrected chi connectivity index (χ4v) is 2.46. The van der Waals surface area contributed by atoms with Gasteiger partial charge in [0, 0.05) is 0 Å². The van der Waals surface area contributed by atoms with Gasteiger partial charge in [-0.25, -0.2) is 9.59 Å². The van der Waals surface area contributed by atoms with Gasteiger partial charge < -0.3 is 9.47 Å². The summed E-state index contributed by atoms with van der Waals surface area (Å²) >= 11 is 5.97. The summed E-state index contributed by atoms with van der Waals surface area (Å²) in [5.74, 6) is -0.464. The number of benzene rings is 3. The molecule has 0 N–H and O–H groups in total. The summed E-state index contributed by atoms with van der Waals surface area (Å²) in [5.41, 5.74) is 1.48. The molecule has 0 aliphatic heterocycles. The normalized spacial score (nSPS) is 10.2. The standard InChI is InChI=1S/C21H15ClO4/c22-19-9-5-4-8-18(19)21(24)25-14-15-10-12-16(13-11-15)20(23)26-17-6-2-1-3-7-17/h1-13H,14H2. The van der Waals surface area contributed by atoms with Crippen molar-refractivity contribution in [2.45, 2.75) is 6.61 Å². The molecule has 130 valence electrons. The summed E-state index contributed by atoms with van der Waals surface area (Å²) in [4.78, 5) is 24.1. The highest BCUT2D eigenvalue weighted by atomic mass is 35.5. The van der Waals surface area contributed by atoms with Gasteiger partial charge in [-0.2, -0.15) is 0 Å². The molecule has 0 atom stereocenters. The number of carbonyl (C=O) groups is 2. The van der Waals surface area contributed by atoms with Crippen molar-refractivity contribution in [2.75, 3.05) is 0 Å². The smallest absolute Gasteiger partial charge is 0.343 e. The average molecular weight is 367 g/mol. The third-order valence-electron chi connectivity index (χ3n) is 3.61. The second kappa shape index (κ2) is 8.32. The highest BCUT2D eigenvalue weighted by Crippen LogP contribution is 2.17. The van der Waals surface area contributed by atoms with Crippen LogP contribution in [0.2, 0.25) is 5.02 Å². The Morgan fingerprint density at radius 3 is 2.12 bits per heavy atom. The fraction of sp³-hybridized carbons (Fsp3) is 0.0476. The van der Waals surface area contributed by atoms with Crippen LogP contribution < -0.4 is 4.74 Å². The number of carbonyl (C=O) groups excluding carboxylic acids is 2. The predicted octanol–water partition coefficient (Wildman–Crippen LogP) is 4.92. The second-order valence-corrected chi connectivity index (χ2v) is 5.86. The molecule has 0 amide bonds. The molecule has 0 fully saturated rings. The average Bonchev–Trinajstić information content (AvgIpc) is 2.67. The first-order chi connectivity index (χ1) is 12.6. The van der Waals surface area contributed by atoms with E-state index in [1.54, 1.807) is 72.8 Å². The lowest BCUT2D eigenvalue weighted by molar-refractivity contribution is 0.0472. The van der Waals surface area contributed by atoms with Gasteiger partial charge in [-0.1, -0.05) is 54.1 Å². The van der Waals surface area contributed by atoms with Crippen LogP contribution in [0, 0.1) is 0 Å². The molecule has 4 nitrogen and oxygen atoms in total. The van der Waals surface area contributed by atoms with E-state index < -0.39 is 11.9 Å². The molecule has 0 saturated carbocycles. The van der Waals surface area contributed by atoms with Crippen LogP contribution in [0.3, 0.4) is 0 Å². The van der Waals surface area contributed by atoms with Crippen LogP contribution in [0.15, 0.2) is 78.9 Å². The molecule has 0 bridgehead atoms. The third kappa shape index (κ3) is 4.49. The Labute approximate surface area is 155 Å². The maximum atomic E-state index is 12.1. The van der Waals surface area contributed by atoms with E-state index in [0.29, 0.717) is 21.9 Å². The van der Waals surface area contributed by atoms with Crippen LogP contribution in [0.5, 0.6) is 5.75 Å². The Balaban J connectivity index is 1.58. The summed E-state index contributed by atoms with van der Waals surface area (Å²) < 4.78 is 10.5. The van der Waals surface area contributed by atoms with E-state index in [1.807, 2.05) is 6.07 Å². The van der Waals surface area contributed by atoms with Gasteiger partial charge in [0.2, 0.25) is 0 Å². The molecule has 3 aromatic carbocycles. The van der Waals surface area contributed by atoms with Crippen molar-refractivity contribution in [3.8, 4) is 5.75 Å². The monoisotopic (exact) mass is 366 g/mol. The second-order valence-electron chi connectivity index (χ2n) is 5.46. The Bertz CT molecular complexity index is 905. The van der Waals surface area contributed by atoms with E-state index in [-0.39, 0.29) is 6.61 Å². The number of rotatable bonds is 5. The molecule has 0 unspecified atom stereocenters. The van der Waals surface area contributed by atoms with E-state index in [9.17, 15) is 9.59 Å². The molecular formula is C21H15ClO4. The zero-order valence-electron chi connectivity index (χ0n) is 13.7. The van der Waals surface area contributed by atoms with E-state index in [0.717, 1.165) is 5.56 Å². The molecule has 0 aliphatic carbocycles. The van der Waals surface area contributed by atoms with Gasteiger partial charge in [-0.3, -0.25) is 0 Å². The molecule has 3 rings (SSSR count). The Hall–Kier alpha value is -3.11. The SMILES string of the molecule is O=C(Oc1ccccc1)c1ccc(COC(=O)c2ccccc2Cl)cc1. The van der Waals surface area contributed by atoms with Crippen molar-refractivity contribution in [2.24, 2.45) is 0 Å². The van der Waals surface area contributed by atoms with Gasteiger partial charge in [0.05, 0.1) is 16.1 Å². The summed E-state index contributed by atoms with van der Waals surface area (Å²) in [7, 11) is 0. The number of halogens is 1. The van der Waals surface area contributed by atoms with Crippen molar-refractivity contribution in [1.29, 1.82) is 0 Å². The van der Waals surface area contributed by atoms with Crippen molar-refractivity contribution < 1.29 is 19.1 Å². The summed E-state index contributed by atoms with van der Waals surface area (Å²) in [6.07, 6.45) is 0. The van der Waals surface area contributed by atoms with Crippen molar-refractivity contribution in [1.82, 2.24) is 0 Å². The zero-order chi connectivity index (χ0) is 18.4. The van der Waals surface area contributed by atoms with E-state index in [2.05, 4.69) is 0 Å². The molecule has 0 radical (unpaired) electrons. The number of hydrogen-bond acceptors (Lipinski definition) is 4. The highest BCUT2D eigenvalue weighted by Gasteiger charge is 2.12. The Kier molecular flexibility index (Phi) is 5.66. The number of esters is 2. The molecule has 5 heteroatoms. The quantitative estimate of drug-likeness (QED) is 0.475. The van der Waals surface area contributed by atoms with Crippen LogP contribution in [-0.2, 0) is 11.3 Å².